The maximum absolute atomic E-state index is 12.3. The molecule has 2 radical (unpaired) electrons. The standard InChI is InChI=1S/C25H45FO2/c26-22-24(23-27)18-14-11-9-7-5-3-1-2-4-6-8-10-12-17-21-28-25-19-15-13-16-20-25/h13,24-25H,1-12,14-22H2. The Hall–Kier alpha value is -0.440. The summed E-state index contributed by atoms with van der Waals surface area (Å²) in [5.74, 6) is -0.478. The van der Waals surface area contributed by atoms with Gasteiger partial charge in [-0.25, -0.2) is 0 Å². The molecule has 0 amide bonds. The maximum atomic E-state index is 12.3. The number of unbranched alkanes of at least 4 members (excludes halogenated alkanes) is 13. The van der Waals surface area contributed by atoms with Crippen LogP contribution in [0.25, 0.3) is 0 Å². The van der Waals surface area contributed by atoms with Crippen LogP contribution in [0.15, 0.2) is 0 Å². The van der Waals surface area contributed by atoms with E-state index in [-0.39, 0.29) is 0 Å². The Balaban J connectivity index is 1.68. The van der Waals surface area contributed by atoms with Gasteiger partial charge in [-0.15, -0.1) is 0 Å². The predicted molar refractivity (Wildman–Crippen MR) is 117 cm³/mol. The van der Waals surface area contributed by atoms with Gasteiger partial charge in [0.2, 0.25) is 6.29 Å². The first-order valence-corrected chi connectivity index (χ1v) is 12.2. The van der Waals surface area contributed by atoms with Gasteiger partial charge in [0.25, 0.3) is 0 Å². The third kappa shape index (κ3) is 15.5. The molecule has 1 unspecified atom stereocenters. The first-order valence-electron chi connectivity index (χ1n) is 12.2. The average Bonchev–Trinajstić information content (AvgIpc) is 2.74. The quantitative estimate of drug-likeness (QED) is 0.197. The van der Waals surface area contributed by atoms with E-state index in [0.717, 1.165) is 19.4 Å². The molecule has 1 aliphatic rings. The SMILES string of the molecule is O=[C]C(CF)CCCCCCCCCCCCCCCCOC1CC[CH]CC1. The fraction of sp³-hybridized carbons (Fsp3) is 0.920. The number of halogens is 1. The van der Waals surface area contributed by atoms with Crippen LogP contribution in [0.2, 0.25) is 0 Å². The van der Waals surface area contributed by atoms with Crippen molar-refractivity contribution in [3.05, 3.63) is 6.42 Å². The van der Waals surface area contributed by atoms with Gasteiger partial charge in [-0.05, 0) is 44.9 Å². The van der Waals surface area contributed by atoms with Crippen molar-refractivity contribution in [2.24, 2.45) is 5.92 Å². The summed E-state index contributed by atoms with van der Waals surface area (Å²) in [5, 5.41) is 0. The Kier molecular flexibility index (Phi) is 18.2. The lowest BCUT2D eigenvalue weighted by Crippen LogP contribution is -2.17. The minimum Gasteiger partial charge on any atom is -0.378 e. The molecule has 164 valence electrons. The number of rotatable bonds is 20. The minimum atomic E-state index is -0.544. The normalized spacial score (nSPS) is 16.3. The monoisotopic (exact) mass is 396 g/mol. The summed E-state index contributed by atoms with van der Waals surface area (Å²) >= 11 is 0. The van der Waals surface area contributed by atoms with E-state index < -0.39 is 12.6 Å². The van der Waals surface area contributed by atoms with Crippen LogP contribution < -0.4 is 0 Å². The third-order valence-electron chi connectivity index (χ3n) is 6.04. The van der Waals surface area contributed by atoms with Gasteiger partial charge in [-0.1, -0.05) is 83.5 Å². The van der Waals surface area contributed by atoms with Crippen molar-refractivity contribution in [2.45, 2.75) is 128 Å². The first-order chi connectivity index (χ1) is 13.9. The van der Waals surface area contributed by atoms with Crippen LogP contribution in [0.4, 0.5) is 4.39 Å². The largest absolute Gasteiger partial charge is 0.378 e. The van der Waals surface area contributed by atoms with Crippen LogP contribution in [0.1, 0.15) is 122 Å². The molecule has 0 aromatic rings. The lowest BCUT2D eigenvalue weighted by atomic mass is 9.98. The molecule has 0 N–H and O–H groups in total. The Morgan fingerprint density at radius 1 is 0.786 bits per heavy atom. The van der Waals surface area contributed by atoms with Crippen molar-refractivity contribution in [1.29, 1.82) is 0 Å². The van der Waals surface area contributed by atoms with E-state index in [0.29, 0.717) is 12.5 Å². The van der Waals surface area contributed by atoms with Gasteiger partial charge >= 0.3 is 0 Å². The van der Waals surface area contributed by atoms with Crippen molar-refractivity contribution in [1.82, 2.24) is 0 Å². The van der Waals surface area contributed by atoms with Crippen molar-refractivity contribution in [3.8, 4) is 0 Å². The van der Waals surface area contributed by atoms with Gasteiger partial charge in [0, 0.05) is 6.61 Å². The zero-order chi connectivity index (χ0) is 20.1. The smallest absolute Gasteiger partial charge is 0.204 e. The summed E-state index contributed by atoms with van der Waals surface area (Å²) in [5.41, 5.74) is 0. The highest BCUT2D eigenvalue weighted by atomic mass is 19.1. The molecule has 1 saturated carbocycles. The van der Waals surface area contributed by atoms with E-state index in [1.165, 1.54) is 103 Å². The molecule has 0 bridgehead atoms. The number of ether oxygens (including phenoxy) is 1. The van der Waals surface area contributed by atoms with Gasteiger partial charge in [-0.2, -0.15) is 0 Å². The Morgan fingerprint density at radius 3 is 1.71 bits per heavy atom. The van der Waals surface area contributed by atoms with Gasteiger partial charge < -0.3 is 4.74 Å². The Labute approximate surface area is 174 Å². The second-order valence-electron chi connectivity index (χ2n) is 8.64. The van der Waals surface area contributed by atoms with Gasteiger partial charge in [0.05, 0.1) is 18.7 Å². The fourth-order valence-electron chi connectivity index (χ4n) is 4.09. The van der Waals surface area contributed by atoms with E-state index in [4.69, 9.17) is 4.74 Å². The number of hydrogen-bond donors (Lipinski definition) is 0. The number of alkyl halides is 1. The van der Waals surface area contributed by atoms with Crippen LogP contribution in [-0.2, 0) is 9.53 Å². The van der Waals surface area contributed by atoms with Crippen LogP contribution in [-0.4, -0.2) is 25.7 Å². The molecule has 3 heteroatoms. The fourth-order valence-corrected chi connectivity index (χ4v) is 4.09. The molecule has 1 rings (SSSR count). The highest BCUT2D eigenvalue weighted by Crippen LogP contribution is 2.20. The van der Waals surface area contributed by atoms with Crippen molar-refractivity contribution >= 4 is 6.29 Å². The van der Waals surface area contributed by atoms with E-state index in [1.54, 1.807) is 6.29 Å². The highest BCUT2D eigenvalue weighted by molar-refractivity contribution is 5.54. The summed E-state index contributed by atoms with van der Waals surface area (Å²) < 4.78 is 18.3. The zero-order valence-corrected chi connectivity index (χ0v) is 18.3. The summed E-state index contributed by atoms with van der Waals surface area (Å²) in [7, 11) is 0. The summed E-state index contributed by atoms with van der Waals surface area (Å²) in [6, 6.07) is 0. The second kappa shape index (κ2) is 19.9. The van der Waals surface area contributed by atoms with Gasteiger partial charge in [-0.3, -0.25) is 9.18 Å². The van der Waals surface area contributed by atoms with Gasteiger partial charge in [0.15, 0.2) is 0 Å². The van der Waals surface area contributed by atoms with E-state index >= 15 is 0 Å². The molecular weight excluding hydrogens is 351 g/mol. The van der Waals surface area contributed by atoms with Crippen LogP contribution in [0, 0.1) is 12.3 Å². The van der Waals surface area contributed by atoms with Gasteiger partial charge in [0.1, 0.15) is 0 Å². The molecule has 1 aliphatic carbocycles. The molecule has 1 fully saturated rings. The topological polar surface area (TPSA) is 26.3 Å². The molecule has 0 heterocycles. The second-order valence-corrected chi connectivity index (χ2v) is 8.64. The number of carbonyl (C=O) groups excluding carboxylic acids is 1. The maximum Gasteiger partial charge on any atom is 0.204 e. The van der Waals surface area contributed by atoms with E-state index in [2.05, 4.69) is 6.42 Å². The lowest BCUT2D eigenvalue weighted by Gasteiger charge is -2.21. The predicted octanol–water partition coefficient (Wildman–Crippen LogP) is 7.70. The molecule has 0 spiro atoms. The molecule has 0 aromatic heterocycles. The lowest BCUT2D eigenvalue weighted by molar-refractivity contribution is 0.0326. The Bertz CT molecular complexity index is 329. The van der Waals surface area contributed by atoms with E-state index in [9.17, 15) is 9.18 Å². The van der Waals surface area contributed by atoms with Crippen LogP contribution in [0.5, 0.6) is 0 Å². The van der Waals surface area contributed by atoms with Crippen LogP contribution >= 0.6 is 0 Å². The Morgan fingerprint density at radius 2 is 1.25 bits per heavy atom. The molecule has 0 saturated heterocycles. The molecule has 2 nitrogen and oxygen atoms in total. The molecule has 0 aliphatic heterocycles. The minimum absolute atomic E-state index is 0.478. The molecule has 28 heavy (non-hydrogen) atoms. The first kappa shape index (κ1) is 25.6. The molecule has 0 aromatic carbocycles. The third-order valence-corrected chi connectivity index (χ3v) is 6.04. The summed E-state index contributed by atoms with van der Waals surface area (Å²) in [4.78, 5) is 10.4. The highest BCUT2D eigenvalue weighted by Gasteiger charge is 2.13. The summed E-state index contributed by atoms with van der Waals surface area (Å²) in [6.45, 7) is 0.425. The summed E-state index contributed by atoms with van der Waals surface area (Å²) in [6.07, 6.45) is 28.5. The van der Waals surface area contributed by atoms with Crippen molar-refractivity contribution in [2.75, 3.05) is 13.3 Å². The molecule has 1 atom stereocenters. The molecular formula is C25H45FO2. The average molecular weight is 397 g/mol. The number of hydrogen-bond acceptors (Lipinski definition) is 2. The zero-order valence-electron chi connectivity index (χ0n) is 18.3. The van der Waals surface area contributed by atoms with Crippen molar-refractivity contribution in [3.63, 3.8) is 0 Å². The van der Waals surface area contributed by atoms with E-state index in [1.807, 2.05) is 0 Å². The van der Waals surface area contributed by atoms with Crippen LogP contribution in [0.3, 0.4) is 0 Å². The van der Waals surface area contributed by atoms with Crippen molar-refractivity contribution < 1.29 is 13.9 Å².